The zero-order valence-corrected chi connectivity index (χ0v) is 15.3. The number of amides is 2. The maximum atomic E-state index is 12.6. The number of likely N-dealkylation sites (tertiary alicyclic amines) is 1. The van der Waals surface area contributed by atoms with Gasteiger partial charge in [-0.1, -0.05) is 0 Å². The van der Waals surface area contributed by atoms with E-state index in [0.717, 1.165) is 32.1 Å². The summed E-state index contributed by atoms with van der Waals surface area (Å²) in [5.74, 6) is 0. The molecule has 0 aromatic rings. The number of carbonyl (C=O) groups excluding carboxylic acids is 1. The van der Waals surface area contributed by atoms with Crippen molar-refractivity contribution >= 4 is 6.03 Å². The van der Waals surface area contributed by atoms with Gasteiger partial charge in [-0.15, -0.1) is 0 Å². The highest BCUT2D eigenvalue weighted by Gasteiger charge is 2.39. The van der Waals surface area contributed by atoms with Crippen LogP contribution >= 0.6 is 0 Å². The van der Waals surface area contributed by atoms with Gasteiger partial charge in [-0.25, -0.2) is 4.79 Å². The van der Waals surface area contributed by atoms with Crippen LogP contribution in [0.25, 0.3) is 0 Å². The second-order valence-electron chi connectivity index (χ2n) is 8.09. The molecule has 1 saturated carbocycles. The number of nitrogens with one attached hydrogen (secondary N) is 1. The largest absolute Gasteiger partial charge is 0.336 e. The Kier molecular flexibility index (Phi) is 5.16. The van der Waals surface area contributed by atoms with E-state index < -0.39 is 0 Å². The quantitative estimate of drug-likeness (QED) is 0.843. The standard InChI is InChI=1S/C18H34N4O/c1-13(2)22-16-7-8-17(22)12-21(10-9-16)18(23)19-11-14(3)20(4)15-5-6-15/h13-17H,5-12H2,1-4H3,(H,19,23)/t14-,16+,17-/m0/s1. The van der Waals surface area contributed by atoms with E-state index >= 15 is 0 Å². The zero-order valence-electron chi connectivity index (χ0n) is 15.3. The molecular formula is C18H34N4O. The molecule has 5 nitrogen and oxygen atoms in total. The highest BCUT2D eigenvalue weighted by molar-refractivity contribution is 5.74. The van der Waals surface area contributed by atoms with Gasteiger partial charge in [0.1, 0.15) is 0 Å². The van der Waals surface area contributed by atoms with Crippen LogP contribution in [0.2, 0.25) is 0 Å². The fraction of sp³-hybridized carbons (Fsp3) is 0.944. The molecule has 3 aliphatic rings. The van der Waals surface area contributed by atoms with E-state index in [4.69, 9.17) is 0 Å². The summed E-state index contributed by atoms with van der Waals surface area (Å²) < 4.78 is 0. The summed E-state index contributed by atoms with van der Waals surface area (Å²) in [6.45, 7) is 9.34. The van der Waals surface area contributed by atoms with Crippen LogP contribution in [0.4, 0.5) is 4.79 Å². The third-order valence-corrected chi connectivity index (χ3v) is 6.09. The lowest BCUT2D eigenvalue weighted by atomic mass is 10.1. The van der Waals surface area contributed by atoms with Crippen molar-refractivity contribution in [2.45, 2.75) is 83.1 Å². The second kappa shape index (κ2) is 6.98. The van der Waals surface area contributed by atoms with Crippen LogP contribution in [0, 0.1) is 0 Å². The maximum Gasteiger partial charge on any atom is 0.317 e. The molecule has 0 aromatic carbocycles. The van der Waals surface area contributed by atoms with Crippen LogP contribution in [-0.2, 0) is 0 Å². The number of fused-ring (bicyclic) bond motifs is 2. The van der Waals surface area contributed by atoms with Gasteiger partial charge in [-0.3, -0.25) is 9.80 Å². The summed E-state index contributed by atoms with van der Waals surface area (Å²) in [5, 5.41) is 3.17. The monoisotopic (exact) mass is 322 g/mol. The van der Waals surface area contributed by atoms with Gasteiger partial charge < -0.3 is 10.2 Å². The Balaban J connectivity index is 1.50. The van der Waals surface area contributed by atoms with E-state index in [0.29, 0.717) is 24.2 Å². The van der Waals surface area contributed by atoms with Crippen molar-refractivity contribution in [2.75, 3.05) is 26.7 Å². The van der Waals surface area contributed by atoms with Crippen LogP contribution in [0.15, 0.2) is 0 Å². The third-order valence-electron chi connectivity index (χ3n) is 6.09. The number of carbonyl (C=O) groups is 1. The molecule has 0 aromatic heterocycles. The second-order valence-corrected chi connectivity index (χ2v) is 8.09. The Hall–Kier alpha value is -0.810. The first-order valence-corrected chi connectivity index (χ1v) is 9.49. The van der Waals surface area contributed by atoms with Gasteiger partial charge in [0.05, 0.1) is 0 Å². The van der Waals surface area contributed by atoms with Crippen molar-refractivity contribution in [3.63, 3.8) is 0 Å². The minimum Gasteiger partial charge on any atom is -0.336 e. The van der Waals surface area contributed by atoms with Crippen LogP contribution in [0.3, 0.4) is 0 Å². The van der Waals surface area contributed by atoms with Crippen molar-refractivity contribution in [3.8, 4) is 0 Å². The van der Waals surface area contributed by atoms with Crippen molar-refractivity contribution < 1.29 is 4.79 Å². The topological polar surface area (TPSA) is 38.8 Å². The van der Waals surface area contributed by atoms with Crippen LogP contribution < -0.4 is 5.32 Å². The number of likely N-dealkylation sites (N-methyl/N-ethyl adjacent to an activating group) is 1. The fourth-order valence-corrected chi connectivity index (χ4v) is 4.47. The van der Waals surface area contributed by atoms with Gasteiger partial charge in [-0.05, 0) is 59.9 Å². The van der Waals surface area contributed by atoms with Gasteiger partial charge in [0, 0.05) is 49.8 Å². The SMILES string of the molecule is CC(C)N1[C@@H]2CC[C@H]1CN(C(=O)NC[C@H](C)N(C)C1CC1)CC2. The Labute approximate surface area is 141 Å². The maximum absolute atomic E-state index is 12.6. The van der Waals surface area contributed by atoms with Crippen molar-refractivity contribution in [1.29, 1.82) is 0 Å². The average molecular weight is 322 g/mol. The number of hydrogen-bond donors (Lipinski definition) is 1. The fourth-order valence-electron chi connectivity index (χ4n) is 4.47. The summed E-state index contributed by atoms with van der Waals surface area (Å²) in [4.78, 5) is 19.7. The van der Waals surface area contributed by atoms with Gasteiger partial charge in [0.2, 0.25) is 0 Å². The predicted molar refractivity (Wildman–Crippen MR) is 93.6 cm³/mol. The first kappa shape index (κ1) is 17.0. The van der Waals surface area contributed by atoms with Gasteiger partial charge in [0.25, 0.3) is 0 Å². The molecule has 2 heterocycles. The molecule has 2 aliphatic heterocycles. The minimum absolute atomic E-state index is 0.136. The summed E-state index contributed by atoms with van der Waals surface area (Å²) in [5.41, 5.74) is 0. The van der Waals surface area contributed by atoms with E-state index in [1.54, 1.807) is 0 Å². The lowest BCUT2D eigenvalue weighted by Crippen LogP contribution is -2.49. The molecule has 0 radical (unpaired) electrons. The molecule has 3 atom stereocenters. The zero-order chi connectivity index (χ0) is 16.6. The smallest absolute Gasteiger partial charge is 0.317 e. The Morgan fingerprint density at radius 3 is 2.48 bits per heavy atom. The van der Waals surface area contributed by atoms with E-state index in [2.05, 4.69) is 47.8 Å². The van der Waals surface area contributed by atoms with Gasteiger partial charge in [-0.2, -0.15) is 0 Å². The van der Waals surface area contributed by atoms with Crippen LogP contribution in [0.5, 0.6) is 0 Å². The molecular weight excluding hydrogens is 288 g/mol. The lowest BCUT2D eigenvalue weighted by Gasteiger charge is -2.32. The number of nitrogens with zero attached hydrogens (tertiary/aromatic N) is 3. The molecule has 2 saturated heterocycles. The Morgan fingerprint density at radius 1 is 1.13 bits per heavy atom. The molecule has 0 spiro atoms. The summed E-state index contributed by atoms with van der Waals surface area (Å²) >= 11 is 0. The molecule has 5 heteroatoms. The van der Waals surface area contributed by atoms with Crippen LogP contribution in [-0.4, -0.2) is 77.6 Å². The predicted octanol–water partition coefficient (Wildman–Crippen LogP) is 2.13. The normalized spacial score (nSPS) is 29.9. The highest BCUT2D eigenvalue weighted by Crippen LogP contribution is 2.32. The summed E-state index contributed by atoms with van der Waals surface area (Å²) in [6.07, 6.45) is 6.30. The highest BCUT2D eigenvalue weighted by atomic mass is 16.2. The van der Waals surface area contributed by atoms with Crippen molar-refractivity contribution in [2.24, 2.45) is 0 Å². The van der Waals surface area contributed by atoms with E-state index in [1.165, 1.54) is 25.7 Å². The lowest BCUT2D eigenvalue weighted by molar-refractivity contribution is 0.146. The molecule has 2 bridgehead atoms. The molecule has 132 valence electrons. The minimum atomic E-state index is 0.136. The molecule has 3 rings (SSSR count). The summed E-state index contributed by atoms with van der Waals surface area (Å²) in [7, 11) is 2.18. The average Bonchev–Trinajstić information content (AvgIpc) is 3.28. The molecule has 1 N–H and O–H groups in total. The van der Waals surface area contributed by atoms with Gasteiger partial charge >= 0.3 is 6.03 Å². The number of rotatable bonds is 5. The number of hydrogen-bond acceptors (Lipinski definition) is 3. The first-order valence-electron chi connectivity index (χ1n) is 9.49. The van der Waals surface area contributed by atoms with E-state index in [9.17, 15) is 4.79 Å². The first-order chi connectivity index (χ1) is 11.0. The Bertz CT molecular complexity index is 423. The molecule has 0 unspecified atom stereocenters. The van der Waals surface area contributed by atoms with E-state index in [1.807, 2.05) is 0 Å². The molecule has 2 amide bonds. The Morgan fingerprint density at radius 2 is 1.83 bits per heavy atom. The van der Waals surface area contributed by atoms with Crippen molar-refractivity contribution in [1.82, 2.24) is 20.0 Å². The van der Waals surface area contributed by atoms with Crippen molar-refractivity contribution in [3.05, 3.63) is 0 Å². The van der Waals surface area contributed by atoms with Gasteiger partial charge in [0.15, 0.2) is 0 Å². The third kappa shape index (κ3) is 3.82. The molecule has 1 aliphatic carbocycles. The van der Waals surface area contributed by atoms with E-state index in [-0.39, 0.29) is 6.03 Å². The summed E-state index contributed by atoms with van der Waals surface area (Å²) in [6, 6.07) is 3.12. The number of urea groups is 1. The van der Waals surface area contributed by atoms with Crippen LogP contribution in [0.1, 0.15) is 52.9 Å². The molecule has 3 fully saturated rings. The molecule has 23 heavy (non-hydrogen) atoms.